The lowest BCUT2D eigenvalue weighted by molar-refractivity contribution is 0.467. The van der Waals surface area contributed by atoms with E-state index in [4.69, 9.17) is 17.4 Å². The molecule has 1 heterocycles. The predicted octanol–water partition coefficient (Wildman–Crippen LogP) is 2.37. The van der Waals surface area contributed by atoms with Gasteiger partial charge in [-0.1, -0.05) is 0 Å². The molecule has 0 spiro atoms. The van der Waals surface area contributed by atoms with Gasteiger partial charge in [0, 0.05) is 24.9 Å². The Kier molecular flexibility index (Phi) is 6.48. The normalized spacial score (nSPS) is 13.0. The molecule has 0 radical (unpaired) electrons. The molecule has 0 aliphatic rings. The number of nitrogens with one attached hydrogen (secondary N) is 1. The van der Waals surface area contributed by atoms with E-state index in [-0.39, 0.29) is 6.04 Å². The molecule has 1 aromatic rings. The second kappa shape index (κ2) is 7.36. The van der Waals surface area contributed by atoms with Gasteiger partial charge < -0.3 is 0 Å². The van der Waals surface area contributed by atoms with Gasteiger partial charge in [-0.15, -0.1) is 11.6 Å². The van der Waals surface area contributed by atoms with Crippen molar-refractivity contribution in [3.8, 4) is 0 Å². The minimum absolute atomic E-state index is 0.242. The lowest BCUT2D eigenvalue weighted by Gasteiger charge is -2.16. The highest BCUT2D eigenvalue weighted by Crippen LogP contribution is 2.23. The van der Waals surface area contributed by atoms with E-state index in [1.807, 2.05) is 11.6 Å². The van der Waals surface area contributed by atoms with Crippen molar-refractivity contribution in [2.24, 2.45) is 5.84 Å². The number of nitrogens with two attached hydrogens (primary N) is 1. The molecule has 3 N–H and O–H groups in total. The number of hydrogen-bond donors (Lipinski definition) is 2. The summed E-state index contributed by atoms with van der Waals surface area (Å²) in [5.41, 5.74) is 5.07. The van der Waals surface area contributed by atoms with Crippen LogP contribution in [-0.4, -0.2) is 21.7 Å². The first-order valence-corrected chi connectivity index (χ1v) is 7.20. The molecule has 6 heteroatoms. The summed E-state index contributed by atoms with van der Waals surface area (Å²) in [5.74, 6) is 6.24. The Balaban J connectivity index is 2.77. The van der Waals surface area contributed by atoms with E-state index in [0.29, 0.717) is 5.88 Å². The number of nitrogens with zero attached hydrogens (tertiary/aromatic N) is 2. The van der Waals surface area contributed by atoms with Crippen LogP contribution in [0, 0.1) is 6.92 Å². The fraction of sp³-hybridized carbons (Fsp3) is 0.727. The Labute approximate surface area is 116 Å². The molecular weight excluding hydrogens is 304 g/mol. The molecule has 0 saturated carbocycles. The van der Waals surface area contributed by atoms with Gasteiger partial charge in [0.2, 0.25) is 0 Å². The van der Waals surface area contributed by atoms with Crippen LogP contribution in [0.25, 0.3) is 0 Å². The van der Waals surface area contributed by atoms with Gasteiger partial charge in [0.1, 0.15) is 0 Å². The van der Waals surface area contributed by atoms with Gasteiger partial charge in [-0.3, -0.25) is 16.0 Å². The second-order valence-electron chi connectivity index (χ2n) is 4.06. The molecule has 1 aromatic heterocycles. The summed E-state index contributed by atoms with van der Waals surface area (Å²) in [6.45, 7) is 4.96. The lowest BCUT2D eigenvalue weighted by atomic mass is 10.1. The van der Waals surface area contributed by atoms with Gasteiger partial charge >= 0.3 is 0 Å². The maximum absolute atomic E-state index is 5.70. The van der Waals surface area contributed by atoms with Gasteiger partial charge in [-0.05, 0) is 42.6 Å². The molecule has 0 fully saturated rings. The van der Waals surface area contributed by atoms with Crippen molar-refractivity contribution in [2.45, 2.75) is 45.7 Å². The molecule has 0 aliphatic heterocycles. The number of rotatable bonds is 7. The number of alkyl halides is 1. The topological polar surface area (TPSA) is 55.9 Å². The first-order valence-electron chi connectivity index (χ1n) is 5.87. The van der Waals surface area contributed by atoms with Crippen molar-refractivity contribution in [2.75, 3.05) is 5.88 Å². The molecule has 0 amide bonds. The maximum Gasteiger partial charge on any atom is 0.0738 e. The fourth-order valence-corrected chi connectivity index (χ4v) is 2.47. The third-order valence-corrected chi connectivity index (χ3v) is 4.11. The summed E-state index contributed by atoms with van der Waals surface area (Å²) in [6, 6.07) is 0.242. The molecule has 0 aliphatic carbocycles. The SMILES string of the molecule is CCn1nc(C)c(Br)c1CC(CCCCl)NN. The minimum Gasteiger partial charge on any atom is -0.271 e. The van der Waals surface area contributed by atoms with E-state index >= 15 is 0 Å². The van der Waals surface area contributed by atoms with Crippen molar-refractivity contribution in [3.05, 3.63) is 15.9 Å². The molecule has 1 rings (SSSR count). The molecule has 0 bridgehead atoms. The van der Waals surface area contributed by atoms with Crippen LogP contribution in [0.3, 0.4) is 0 Å². The Hall–Kier alpha value is -0.100. The van der Waals surface area contributed by atoms with E-state index in [9.17, 15) is 0 Å². The van der Waals surface area contributed by atoms with Crippen LogP contribution in [-0.2, 0) is 13.0 Å². The molecule has 4 nitrogen and oxygen atoms in total. The first-order chi connectivity index (χ1) is 8.13. The van der Waals surface area contributed by atoms with E-state index in [1.54, 1.807) is 0 Å². The molecule has 98 valence electrons. The average Bonchev–Trinajstić information content (AvgIpc) is 2.61. The Morgan fingerprint density at radius 1 is 1.59 bits per heavy atom. The number of halogens is 2. The van der Waals surface area contributed by atoms with Crippen LogP contribution in [0.2, 0.25) is 0 Å². The molecule has 1 unspecified atom stereocenters. The quantitative estimate of drug-likeness (QED) is 0.460. The zero-order valence-electron chi connectivity index (χ0n) is 10.3. The third kappa shape index (κ3) is 3.95. The Bertz CT molecular complexity index is 353. The van der Waals surface area contributed by atoms with Gasteiger partial charge in [0.05, 0.1) is 15.9 Å². The van der Waals surface area contributed by atoms with Crippen molar-refractivity contribution in [3.63, 3.8) is 0 Å². The van der Waals surface area contributed by atoms with Gasteiger partial charge in [-0.2, -0.15) is 5.10 Å². The van der Waals surface area contributed by atoms with E-state index in [0.717, 1.165) is 36.0 Å². The van der Waals surface area contributed by atoms with Crippen LogP contribution in [0.15, 0.2) is 4.47 Å². The summed E-state index contributed by atoms with van der Waals surface area (Å²) < 4.78 is 3.11. The first kappa shape index (κ1) is 15.0. The number of aromatic nitrogens is 2. The van der Waals surface area contributed by atoms with Gasteiger partial charge in [0.15, 0.2) is 0 Å². The third-order valence-electron chi connectivity index (χ3n) is 2.81. The van der Waals surface area contributed by atoms with Crippen LogP contribution < -0.4 is 11.3 Å². The summed E-state index contributed by atoms with van der Waals surface area (Å²) in [7, 11) is 0. The fourth-order valence-electron chi connectivity index (χ4n) is 1.87. The minimum atomic E-state index is 0.242. The van der Waals surface area contributed by atoms with Crippen LogP contribution >= 0.6 is 27.5 Å². The Morgan fingerprint density at radius 3 is 2.82 bits per heavy atom. The second-order valence-corrected chi connectivity index (χ2v) is 5.23. The Morgan fingerprint density at radius 2 is 2.29 bits per heavy atom. The highest BCUT2D eigenvalue weighted by Gasteiger charge is 2.16. The highest BCUT2D eigenvalue weighted by atomic mass is 79.9. The van der Waals surface area contributed by atoms with E-state index in [1.165, 1.54) is 5.69 Å². The van der Waals surface area contributed by atoms with Gasteiger partial charge in [0.25, 0.3) is 0 Å². The zero-order chi connectivity index (χ0) is 12.8. The summed E-state index contributed by atoms with van der Waals surface area (Å²) >= 11 is 9.29. The van der Waals surface area contributed by atoms with Gasteiger partial charge in [-0.25, -0.2) is 0 Å². The van der Waals surface area contributed by atoms with Crippen LogP contribution in [0.1, 0.15) is 31.2 Å². The number of hydrogen-bond acceptors (Lipinski definition) is 3. The van der Waals surface area contributed by atoms with Crippen molar-refractivity contribution in [1.29, 1.82) is 0 Å². The summed E-state index contributed by atoms with van der Waals surface area (Å²) in [6.07, 6.45) is 2.80. The average molecular weight is 324 g/mol. The molecule has 1 atom stereocenters. The molecule has 0 aromatic carbocycles. The zero-order valence-corrected chi connectivity index (χ0v) is 12.7. The summed E-state index contributed by atoms with van der Waals surface area (Å²) in [4.78, 5) is 0. The lowest BCUT2D eigenvalue weighted by Crippen LogP contribution is -2.37. The monoisotopic (exact) mass is 322 g/mol. The predicted molar refractivity (Wildman–Crippen MR) is 75.1 cm³/mol. The maximum atomic E-state index is 5.70. The highest BCUT2D eigenvalue weighted by molar-refractivity contribution is 9.10. The van der Waals surface area contributed by atoms with Crippen LogP contribution in [0.5, 0.6) is 0 Å². The van der Waals surface area contributed by atoms with Crippen molar-refractivity contribution in [1.82, 2.24) is 15.2 Å². The smallest absolute Gasteiger partial charge is 0.0738 e. The standard InChI is InChI=1S/C11H20BrClN4/c1-3-17-10(11(12)8(2)16-17)7-9(15-14)5-4-6-13/h9,15H,3-7,14H2,1-2H3. The molecule has 0 saturated heterocycles. The van der Waals surface area contributed by atoms with Crippen molar-refractivity contribution >= 4 is 27.5 Å². The summed E-state index contributed by atoms with van der Waals surface area (Å²) in [5, 5.41) is 4.47. The number of aryl methyl sites for hydroxylation is 2. The largest absolute Gasteiger partial charge is 0.271 e. The van der Waals surface area contributed by atoms with Crippen molar-refractivity contribution < 1.29 is 0 Å². The molecule has 17 heavy (non-hydrogen) atoms. The van der Waals surface area contributed by atoms with E-state index < -0.39 is 0 Å². The van der Waals surface area contributed by atoms with Crippen LogP contribution in [0.4, 0.5) is 0 Å². The van der Waals surface area contributed by atoms with E-state index in [2.05, 4.69) is 33.4 Å². The molecular formula is C11H20BrClN4. The number of hydrazine groups is 1.